The van der Waals surface area contributed by atoms with Crippen LogP contribution in [0, 0.1) is 0 Å². The molecule has 0 bridgehead atoms. The molecule has 28 heavy (non-hydrogen) atoms. The summed E-state index contributed by atoms with van der Waals surface area (Å²) in [7, 11) is 0. The number of nitrogens with zero attached hydrogens (tertiary/aromatic N) is 2. The molecule has 6 nitrogen and oxygen atoms in total. The number of fused-ring (bicyclic) bond motifs is 1. The van der Waals surface area contributed by atoms with Crippen molar-refractivity contribution in [2.45, 2.75) is 17.4 Å². The lowest BCUT2D eigenvalue weighted by molar-refractivity contribution is -0.115. The van der Waals surface area contributed by atoms with Gasteiger partial charge in [0.15, 0.2) is 5.58 Å². The van der Waals surface area contributed by atoms with Crippen LogP contribution in [-0.4, -0.2) is 42.4 Å². The number of thioether (sulfide) groups is 1. The number of halogens is 1. The van der Waals surface area contributed by atoms with Gasteiger partial charge in [-0.3, -0.25) is 4.79 Å². The van der Waals surface area contributed by atoms with Gasteiger partial charge in [-0.15, -0.1) is 0 Å². The highest BCUT2D eigenvalue weighted by molar-refractivity contribution is 8.00. The molecule has 1 fully saturated rings. The molecule has 0 saturated carbocycles. The van der Waals surface area contributed by atoms with Gasteiger partial charge < -0.3 is 19.4 Å². The first-order valence-corrected chi connectivity index (χ1v) is 10.3. The number of nitrogens with one attached hydrogen (secondary N) is 1. The third-order valence-electron chi connectivity index (χ3n) is 4.49. The van der Waals surface area contributed by atoms with Crippen molar-refractivity contribution in [3.05, 3.63) is 47.5 Å². The number of aromatic nitrogens is 1. The molecule has 1 atom stereocenters. The van der Waals surface area contributed by atoms with Crippen LogP contribution < -0.4 is 10.2 Å². The fraction of sp³-hybridized carbons (Fsp3) is 0.300. The molecule has 4 rings (SSSR count). The van der Waals surface area contributed by atoms with E-state index in [1.54, 1.807) is 18.2 Å². The Labute approximate surface area is 172 Å². The number of oxazole rings is 1. The van der Waals surface area contributed by atoms with Crippen molar-refractivity contribution in [3.63, 3.8) is 0 Å². The minimum atomic E-state index is -0.359. The molecule has 0 aliphatic carbocycles. The Morgan fingerprint density at radius 1 is 1.21 bits per heavy atom. The Morgan fingerprint density at radius 3 is 2.71 bits per heavy atom. The van der Waals surface area contributed by atoms with Gasteiger partial charge in [0, 0.05) is 35.6 Å². The van der Waals surface area contributed by atoms with E-state index in [0.717, 1.165) is 43.2 Å². The van der Waals surface area contributed by atoms with Crippen LogP contribution in [0.5, 0.6) is 0 Å². The standard InChI is InChI=1S/C20H20ClN3O3S/c1-13(28-20-23-17-7-2-14(21)12-18(17)27-20)19(25)22-15-3-5-16(6-4-15)24-8-10-26-11-9-24/h2-7,12-13H,8-11H2,1H3,(H,22,25)/t13-/m0/s1. The average Bonchev–Trinajstić information content (AvgIpc) is 3.10. The zero-order valence-electron chi connectivity index (χ0n) is 15.4. The van der Waals surface area contributed by atoms with E-state index >= 15 is 0 Å². The Kier molecular flexibility index (Phi) is 5.75. The number of carbonyl (C=O) groups excluding carboxylic acids is 1. The smallest absolute Gasteiger partial charge is 0.257 e. The predicted octanol–water partition coefficient (Wildman–Crippen LogP) is 4.44. The van der Waals surface area contributed by atoms with Gasteiger partial charge in [0.2, 0.25) is 5.91 Å². The molecule has 146 valence electrons. The summed E-state index contributed by atoms with van der Waals surface area (Å²) in [6, 6.07) is 13.1. The Morgan fingerprint density at radius 2 is 1.96 bits per heavy atom. The van der Waals surface area contributed by atoms with Crippen molar-refractivity contribution < 1.29 is 13.9 Å². The van der Waals surface area contributed by atoms with Crippen LogP contribution in [0.25, 0.3) is 11.1 Å². The van der Waals surface area contributed by atoms with Crippen LogP contribution >= 0.6 is 23.4 Å². The second-order valence-corrected chi connectivity index (χ2v) is 8.22. The molecule has 1 N–H and O–H groups in total. The largest absolute Gasteiger partial charge is 0.431 e. The van der Waals surface area contributed by atoms with Crippen LogP contribution in [0.15, 0.2) is 52.1 Å². The van der Waals surface area contributed by atoms with Crippen LogP contribution in [0.1, 0.15) is 6.92 Å². The quantitative estimate of drug-likeness (QED) is 0.619. The molecule has 0 unspecified atom stereocenters. The second kappa shape index (κ2) is 8.43. The van der Waals surface area contributed by atoms with Gasteiger partial charge >= 0.3 is 0 Å². The minimum Gasteiger partial charge on any atom is -0.431 e. The van der Waals surface area contributed by atoms with Gasteiger partial charge in [-0.25, -0.2) is 4.98 Å². The normalized spacial score (nSPS) is 15.6. The first-order valence-electron chi connectivity index (χ1n) is 9.05. The lowest BCUT2D eigenvalue weighted by Crippen LogP contribution is -2.36. The number of carbonyl (C=O) groups is 1. The van der Waals surface area contributed by atoms with E-state index in [4.69, 9.17) is 20.8 Å². The fourth-order valence-electron chi connectivity index (χ4n) is 2.95. The Hall–Kier alpha value is -2.22. The third-order valence-corrected chi connectivity index (χ3v) is 5.67. The second-order valence-electron chi connectivity index (χ2n) is 6.49. The summed E-state index contributed by atoms with van der Waals surface area (Å²) >= 11 is 7.24. The van der Waals surface area contributed by atoms with Gasteiger partial charge in [0.1, 0.15) is 5.52 Å². The van der Waals surface area contributed by atoms with Crippen molar-refractivity contribution in [2.24, 2.45) is 0 Å². The van der Waals surface area contributed by atoms with Crippen LogP contribution in [0.4, 0.5) is 11.4 Å². The molecular weight excluding hydrogens is 398 g/mol. The maximum atomic E-state index is 12.5. The van der Waals surface area contributed by atoms with E-state index in [2.05, 4.69) is 15.2 Å². The number of morpholine rings is 1. The molecule has 1 aromatic heterocycles. The van der Waals surface area contributed by atoms with Crippen molar-refractivity contribution in [2.75, 3.05) is 36.5 Å². The molecule has 1 aliphatic rings. The van der Waals surface area contributed by atoms with E-state index in [9.17, 15) is 4.79 Å². The highest BCUT2D eigenvalue weighted by Crippen LogP contribution is 2.29. The molecule has 2 heterocycles. The van der Waals surface area contributed by atoms with E-state index < -0.39 is 0 Å². The highest BCUT2D eigenvalue weighted by Gasteiger charge is 2.19. The summed E-state index contributed by atoms with van der Waals surface area (Å²) in [5.41, 5.74) is 3.23. The van der Waals surface area contributed by atoms with Crippen molar-refractivity contribution in [3.8, 4) is 0 Å². The lowest BCUT2D eigenvalue weighted by Gasteiger charge is -2.28. The van der Waals surface area contributed by atoms with Gasteiger partial charge in [0.05, 0.1) is 18.5 Å². The molecular formula is C20H20ClN3O3S. The summed E-state index contributed by atoms with van der Waals surface area (Å²) in [6.45, 7) is 5.08. The van der Waals surface area contributed by atoms with E-state index in [-0.39, 0.29) is 11.2 Å². The Balaban J connectivity index is 1.36. The van der Waals surface area contributed by atoms with Crippen LogP contribution in [-0.2, 0) is 9.53 Å². The maximum Gasteiger partial charge on any atom is 0.257 e. The summed E-state index contributed by atoms with van der Waals surface area (Å²) < 4.78 is 11.1. The van der Waals surface area contributed by atoms with E-state index in [1.807, 2.05) is 31.2 Å². The minimum absolute atomic E-state index is 0.107. The molecule has 1 saturated heterocycles. The number of amides is 1. The summed E-state index contributed by atoms with van der Waals surface area (Å²) in [5, 5.41) is 3.62. The van der Waals surface area contributed by atoms with Crippen LogP contribution in [0.3, 0.4) is 0 Å². The zero-order chi connectivity index (χ0) is 19.5. The number of rotatable bonds is 5. The maximum absolute atomic E-state index is 12.5. The van der Waals surface area contributed by atoms with Gasteiger partial charge in [-0.2, -0.15) is 0 Å². The summed E-state index contributed by atoms with van der Waals surface area (Å²) in [6.07, 6.45) is 0. The molecule has 0 spiro atoms. The first kappa shape index (κ1) is 19.1. The van der Waals surface area contributed by atoms with Gasteiger partial charge in [0.25, 0.3) is 5.22 Å². The number of hydrogen-bond acceptors (Lipinski definition) is 6. The molecule has 0 radical (unpaired) electrons. The van der Waals surface area contributed by atoms with E-state index in [1.165, 1.54) is 11.8 Å². The van der Waals surface area contributed by atoms with Crippen molar-refractivity contribution in [1.29, 1.82) is 0 Å². The summed E-state index contributed by atoms with van der Waals surface area (Å²) in [5.74, 6) is -0.107. The summed E-state index contributed by atoms with van der Waals surface area (Å²) in [4.78, 5) is 19.2. The van der Waals surface area contributed by atoms with Crippen LogP contribution in [0.2, 0.25) is 5.02 Å². The predicted molar refractivity (Wildman–Crippen MR) is 112 cm³/mol. The molecule has 3 aromatic rings. The molecule has 8 heteroatoms. The fourth-order valence-corrected chi connectivity index (χ4v) is 3.87. The SMILES string of the molecule is C[C@H](Sc1nc2ccc(Cl)cc2o1)C(=O)Nc1ccc(N2CCOCC2)cc1. The molecule has 2 aromatic carbocycles. The topological polar surface area (TPSA) is 67.6 Å². The highest BCUT2D eigenvalue weighted by atomic mass is 35.5. The number of anilines is 2. The zero-order valence-corrected chi connectivity index (χ0v) is 16.9. The van der Waals surface area contributed by atoms with Crippen molar-refractivity contribution in [1.82, 2.24) is 4.98 Å². The van der Waals surface area contributed by atoms with Gasteiger partial charge in [-0.1, -0.05) is 23.4 Å². The number of hydrogen-bond donors (Lipinski definition) is 1. The number of ether oxygens (including phenoxy) is 1. The van der Waals surface area contributed by atoms with Gasteiger partial charge in [-0.05, 0) is 43.3 Å². The Bertz CT molecular complexity index is 970. The monoisotopic (exact) mass is 417 g/mol. The third kappa shape index (κ3) is 4.43. The van der Waals surface area contributed by atoms with Crippen molar-refractivity contribution >= 4 is 51.7 Å². The average molecular weight is 418 g/mol. The van der Waals surface area contributed by atoms with E-state index in [0.29, 0.717) is 15.8 Å². The number of benzene rings is 2. The molecule has 1 amide bonds. The molecule has 1 aliphatic heterocycles. The lowest BCUT2D eigenvalue weighted by atomic mass is 10.2. The first-order chi connectivity index (χ1) is 13.6.